The van der Waals surface area contributed by atoms with Crippen molar-refractivity contribution in [2.45, 2.75) is 32.4 Å². The summed E-state index contributed by atoms with van der Waals surface area (Å²) in [5.41, 5.74) is 1.07. The molecule has 3 rings (SSSR count). The van der Waals surface area contributed by atoms with Crippen LogP contribution < -0.4 is 14.8 Å². The second kappa shape index (κ2) is 6.51. The van der Waals surface area contributed by atoms with Crippen LogP contribution in [0.1, 0.15) is 18.9 Å². The van der Waals surface area contributed by atoms with Crippen LogP contribution in [-0.2, 0) is 17.8 Å². The third-order valence-corrected chi connectivity index (χ3v) is 3.53. The van der Waals surface area contributed by atoms with Gasteiger partial charge in [0.15, 0.2) is 11.5 Å². The predicted molar refractivity (Wildman–Crippen MR) is 80.7 cm³/mol. The number of carbonyl (C=O) groups excluding carboxylic acids is 1. The first-order chi connectivity index (χ1) is 10.7. The van der Waals surface area contributed by atoms with E-state index in [4.69, 9.17) is 9.47 Å². The molecule has 2 aromatic rings. The van der Waals surface area contributed by atoms with Gasteiger partial charge in [0, 0.05) is 31.4 Å². The third-order valence-electron chi connectivity index (χ3n) is 3.53. The van der Waals surface area contributed by atoms with E-state index in [1.807, 2.05) is 35.9 Å². The van der Waals surface area contributed by atoms with Gasteiger partial charge in [0.25, 0.3) is 0 Å². The largest absolute Gasteiger partial charge is 0.454 e. The highest BCUT2D eigenvalue weighted by Gasteiger charge is 2.14. The van der Waals surface area contributed by atoms with Crippen LogP contribution in [-0.4, -0.2) is 28.3 Å². The highest BCUT2D eigenvalue weighted by Crippen LogP contribution is 2.32. The summed E-state index contributed by atoms with van der Waals surface area (Å²) in [5.74, 6) is 1.57. The van der Waals surface area contributed by atoms with Crippen molar-refractivity contribution >= 4 is 5.91 Å². The molecular weight excluding hydrogens is 282 g/mol. The molecule has 22 heavy (non-hydrogen) atoms. The fraction of sp³-hybridized carbons (Fsp3) is 0.375. The number of benzene rings is 1. The molecule has 2 heterocycles. The highest BCUT2D eigenvalue weighted by atomic mass is 16.7. The summed E-state index contributed by atoms with van der Waals surface area (Å²) in [4.78, 5) is 16.0. The average molecular weight is 301 g/mol. The first-order valence-corrected chi connectivity index (χ1v) is 7.34. The summed E-state index contributed by atoms with van der Waals surface area (Å²) in [6, 6.07) is 5.86. The quantitative estimate of drug-likeness (QED) is 0.883. The number of ether oxygens (including phenoxy) is 2. The Hall–Kier alpha value is -2.50. The van der Waals surface area contributed by atoms with Crippen LogP contribution in [0.25, 0.3) is 0 Å². The molecule has 0 aliphatic carbocycles. The minimum absolute atomic E-state index is 0.0466. The van der Waals surface area contributed by atoms with E-state index in [9.17, 15) is 4.79 Å². The summed E-state index contributed by atoms with van der Waals surface area (Å²) in [7, 11) is 0. The number of imidazole rings is 1. The van der Waals surface area contributed by atoms with Crippen molar-refractivity contribution in [2.24, 2.45) is 0 Å². The molecule has 0 radical (unpaired) electrons. The minimum atomic E-state index is 0.0466. The Kier molecular flexibility index (Phi) is 4.27. The Bertz CT molecular complexity index is 640. The number of aromatic nitrogens is 2. The van der Waals surface area contributed by atoms with Crippen molar-refractivity contribution < 1.29 is 14.3 Å². The van der Waals surface area contributed by atoms with Crippen LogP contribution in [0.4, 0.5) is 0 Å². The standard InChI is InChI=1S/C16H19N3O3/c1-12(9-19-7-6-17-10-19)18-16(20)5-3-13-2-4-14-15(8-13)22-11-21-14/h2,4,6-8,10,12H,3,5,9,11H2,1H3,(H,18,20)/t12-/m0/s1. The molecule has 1 aromatic carbocycles. The maximum absolute atomic E-state index is 12.0. The summed E-state index contributed by atoms with van der Waals surface area (Å²) >= 11 is 0. The first kappa shape index (κ1) is 14.4. The van der Waals surface area contributed by atoms with Crippen molar-refractivity contribution in [1.29, 1.82) is 0 Å². The zero-order valence-electron chi connectivity index (χ0n) is 12.5. The summed E-state index contributed by atoms with van der Waals surface area (Å²) < 4.78 is 12.6. The number of hydrogen-bond donors (Lipinski definition) is 1. The van der Waals surface area contributed by atoms with Crippen LogP contribution in [0, 0.1) is 0 Å². The summed E-state index contributed by atoms with van der Waals surface area (Å²) in [6.45, 7) is 2.97. The Morgan fingerprint density at radius 3 is 3.09 bits per heavy atom. The smallest absolute Gasteiger partial charge is 0.231 e. The van der Waals surface area contributed by atoms with Crippen molar-refractivity contribution in [3.63, 3.8) is 0 Å². The second-order valence-corrected chi connectivity index (χ2v) is 5.42. The Morgan fingerprint density at radius 1 is 1.41 bits per heavy atom. The van der Waals surface area contributed by atoms with Gasteiger partial charge in [0.1, 0.15) is 0 Å². The van der Waals surface area contributed by atoms with Gasteiger partial charge in [0.05, 0.1) is 6.33 Å². The van der Waals surface area contributed by atoms with Crippen molar-refractivity contribution in [2.75, 3.05) is 6.79 Å². The van der Waals surface area contributed by atoms with Gasteiger partial charge in [-0.15, -0.1) is 0 Å². The van der Waals surface area contributed by atoms with E-state index >= 15 is 0 Å². The van der Waals surface area contributed by atoms with E-state index in [-0.39, 0.29) is 18.7 Å². The predicted octanol–water partition coefficient (Wildman–Crippen LogP) is 1.75. The number of amides is 1. The van der Waals surface area contributed by atoms with Gasteiger partial charge < -0.3 is 19.4 Å². The Morgan fingerprint density at radius 2 is 2.27 bits per heavy atom. The molecule has 0 saturated carbocycles. The van der Waals surface area contributed by atoms with E-state index in [2.05, 4.69) is 10.3 Å². The molecule has 0 spiro atoms. The normalized spacial score (nSPS) is 13.9. The molecule has 6 nitrogen and oxygen atoms in total. The number of nitrogens with zero attached hydrogens (tertiary/aromatic N) is 2. The topological polar surface area (TPSA) is 65.4 Å². The van der Waals surface area contributed by atoms with Crippen molar-refractivity contribution in [3.8, 4) is 11.5 Å². The number of hydrogen-bond acceptors (Lipinski definition) is 4. The molecule has 1 N–H and O–H groups in total. The van der Waals surface area contributed by atoms with E-state index < -0.39 is 0 Å². The molecule has 1 amide bonds. The molecule has 1 atom stereocenters. The monoisotopic (exact) mass is 301 g/mol. The van der Waals surface area contributed by atoms with Crippen molar-refractivity contribution in [3.05, 3.63) is 42.5 Å². The molecule has 1 aromatic heterocycles. The third kappa shape index (κ3) is 3.58. The number of aryl methyl sites for hydroxylation is 1. The lowest BCUT2D eigenvalue weighted by Crippen LogP contribution is -2.35. The van der Waals surface area contributed by atoms with Crippen LogP contribution in [0.3, 0.4) is 0 Å². The lowest BCUT2D eigenvalue weighted by atomic mass is 10.1. The molecule has 0 fully saturated rings. The maximum Gasteiger partial charge on any atom is 0.231 e. The van der Waals surface area contributed by atoms with Gasteiger partial charge >= 0.3 is 0 Å². The molecule has 116 valence electrons. The first-order valence-electron chi connectivity index (χ1n) is 7.34. The SMILES string of the molecule is C[C@@H](Cn1ccnc1)NC(=O)CCc1ccc2c(c1)OCO2. The number of fused-ring (bicyclic) bond motifs is 1. The molecule has 0 bridgehead atoms. The number of carbonyl (C=O) groups is 1. The summed E-state index contributed by atoms with van der Waals surface area (Å²) in [6.07, 6.45) is 6.49. The van der Waals surface area contributed by atoms with Crippen LogP contribution in [0.2, 0.25) is 0 Å². The highest BCUT2D eigenvalue weighted by molar-refractivity contribution is 5.76. The molecule has 0 unspecified atom stereocenters. The molecule has 1 aliphatic rings. The van der Waals surface area contributed by atoms with Crippen LogP contribution in [0.15, 0.2) is 36.9 Å². The maximum atomic E-state index is 12.0. The van der Waals surface area contributed by atoms with Gasteiger partial charge in [-0.2, -0.15) is 0 Å². The Labute approximate surface area is 129 Å². The Balaban J connectivity index is 1.46. The fourth-order valence-electron chi connectivity index (χ4n) is 2.46. The zero-order valence-corrected chi connectivity index (χ0v) is 12.5. The number of nitrogens with one attached hydrogen (secondary N) is 1. The fourth-order valence-corrected chi connectivity index (χ4v) is 2.46. The molecule has 0 saturated heterocycles. The van der Waals surface area contributed by atoms with Gasteiger partial charge in [-0.05, 0) is 31.0 Å². The molecule has 6 heteroatoms. The van der Waals surface area contributed by atoms with Crippen LogP contribution in [0.5, 0.6) is 11.5 Å². The second-order valence-electron chi connectivity index (χ2n) is 5.42. The zero-order chi connectivity index (χ0) is 15.4. The minimum Gasteiger partial charge on any atom is -0.454 e. The van der Waals surface area contributed by atoms with E-state index in [1.54, 1.807) is 12.5 Å². The van der Waals surface area contributed by atoms with E-state index in [0.717, 1.165) is 23.6 Å². The van der Waals surface area contributed by atoms with E-state index in [1.165, 1.54) is 0 Å². The summed E-state index contributed by atoms with van der Waals surface area (Å²) in [5, 5.41) is 3.00. The van der Waals surface area contributed by atoms with E-state index in [0.29, 0.717) is 12.8 Å². The van der Waals surface area contributed by atoms with Gasteiger partial charge in [0.2, 0.25) is 12.7 Å². The van der Waals surface area contributed by atoms with Crippen LogP contribution >= 0.6 is 0 Å². The van der Waals surface area contributed by atoms with Gasteiger partial charge in [-0.3, -0.25) is 4.79 Å². The van der Waals surface area contributed by atoms with Gasteiger partial charge in [-0.25, -0.2) is 4.98 Å². The van der Waals surface area contributed by atoms with Crippen molar-refractivity contribution in [1.82, 2.24) is 14.9 Å². The average Bonchev–Trinajstić information content (AvgIpc) is 3.15. The molecular formula is C16H19N3O3. The van der Waals surface area contributed by atoms with Gasteiger partial charge in [-0.1, -0.05) is 6.07 Å². The lowest BCUT2D eigenvalue weighted by Gasteiger charge is -2.14. The lowest BCUT2D eigenvalue weighted by molar-refractivity contribution is -0.121. The molecule has 1 aliphatic heterocycles. The number of rotatable bonds is 6.